The van der Waals surface area contributed by atoms with Gasteiger partial charge >= 0.3 is 6.05 Å². The van der Waals surface area contributed by atoms with E-state index in [0.29, 0.717) is 0 Å². The fourth-order valence-corrected chi connectivity index (χ4v) is 0.830. The predicted octanol–water partition coefficient (Wildman–Crippen LogP) is 1.81. The molecule has 0 atom stereocenters. The molecule has 0 saturated carbocycles. The van der Waals surface area contributed by atoms with Crippen molar-refractivity contribution in [2.75, 3.05) is 0 Å². The summed E-state index contributed by atoms with van der Waals surface area (Å²) in [5, 5.41) is 1.62. The fraction of sp³-hybridized carbons (Fsp3) is 0.333. The molecule has 0 bridgehead atoms. The number of halogens is 2. The van der Waals surface area contributed by atoms with Crippen molar-refractivity contribution >= 4 is 5.91 Å². The van der Waals surface area contributed by atoms with Crippen LogP contribution in [0, 0.1) is 0 Å². The van der Waals surface area contributed by atoms with E-state index in [1.807, 2.05) is 0 Å². The fourth-order valence-electron chi connectivity index (χ4n) is 0.830. The van der Waals surface area contributed by atoms with Gasteiger partial charge in [-0.3, -0.25) is 15.1 Å². The minimum atomic E-state index is -3.15. The molecule has 0 aliphatic heterocycles. The van der Waals surface area contributed by atoms with E-state index >= 15 is 0 Å². The van der Waals surface area contributed by atoms with Gasteiger partial charge in [0.2, 0.25) is 0 Å². The first-order chi connectivity index (χ1) is 6.55. The molecule has 1 amide bonds. The van der Waals surface area contributed by atoms with Crippen molar-refractivity contribution in [1.29, 1.82) is 0 Å². The number of pyridine rings is 1. The highest BCUT2D eigenvalue weighted by Gasteiger charge is 2.28. The summed E-state index contributed by atoms with van der Waals surface area (Å²) >= 11 is 0. The quantitative estimate of drug-likeness (QED) is 0.756. The summed E-state index contributed by atoms with van der Waals surface area (Å²) in [5.41, 5.74) is 0.174. The zero-order valence-electron chi connectivity index (χ0n) is 7.63. The van der Waals surface area contributed by atoms with Gasteiger partial charge in [-0.1, -0.05) is 6.92 Å². The van der Waals surface area contributed by atoms with Crippen LogP contribution in [0.2, 0.25) is 0 Å². The van der Waals surface area contributed by atoms with Crippen LogP contribution in [0.4, 0.5) is 8.78 Å². The maximum Gasteiger partial charge on any atom is 0.325 e. The molecule has 0 saturated heterocycles. The second-order valence-electron chi connectivity index (χ2n) is 2.75. The molecule has 14 heavy (non-hydrogen) atoms. The lowest BCUT2D eigenvalue weighted by molar-refractivity contribution is -0.0306. The predicted molar refractivity (Wildman–Crippen MR) is 46.9 cm³/mol. The lowest BCUT2D eigenvalue weighted by Crippen LogP contribution is -2.40. The Kier molecular flexibility index (Phi) is 3.11. The van der Waals surface area contributed by atoms with Crippen LogP contribution < -0.4 is 5.32 Å². The highest BCUT2D eigenvalue weighted by Crippen LogP contribution is 2.14. The van der Waals surface area contributed by atoms with Gasteiger partial charge < -0.3 is 0 Å². The highest BCUT2D eigenvalue weighted by molar-refractivity contribution is 5.94. The number of carbonyl (C=O) groups is 1. The standard InChI is InChI=1S/C9H10F2N2O/c1-2-9(10,11)13-8(14)7-3-5-12-6-4-7/h3-6H,2H2,1H3,(H,13,14). The minimum absolute atomic E-state index is 0.174. The number of carbonyl (C=O) groups excluding carboxylic acids is 1. The second-order valence-corrected chi connectivity index (χ2v) is 2.75. The zero-order valence-corrected chi connectivity index (χ0v) is 7.63. The Labute approximate surface area is 80.2 Å². The summed E-state index contributed by atoms with van der Waals surface area (Å²) in [5.74, 6) is -0.792. The number of hydrogen-bond donors (Lipinski definition) is 1. The maximum atomic E-state index is 12.7. The average molecular weight is 200 g/mol. The molecule has 0 fully saturated rings. The van der Waals surface area contributed by atoms with Crippen LogP contribution in [0.1, 0.15) is 23.7 Å². The maximum absolute atomic E-state index is 12.7. The first-order valence-electron chi connectivity index (χ1n) is 4.15. The first kappa shape index (κ1) is 10.6. The summed E-state index contributed by atoms with van der Waals surface area (Å²) in [6.07, 6.45) is 2.32. The molecule has 1 aromatic heterocycles. The molecular weight excluding hydrogens is 190 g/mol. The Morgan fingerprint density at radius 2 is 2.07 bits per heavy atom. The summed E-state index contributed by atoms with van der Waals surface area (Å²) < 4.78 is 25.5. The molecular formula is C9H10F2N2O. The molecule has 0 aliphatic carbocycles. The molecule has 0 aliphatic rings. The largest absolute Gasteiger partial charge is 0.325 e. The Bertz CT molecular complexity index is 314. The molecule has 0 aromatic carbocycles. The van der Waals surface area contributed by atoms with E-state index in [1.54, 1.807) is 5.32 Å². The van der Waals surface area contributed by atoms with Crippen LogP contribution in [-0.2, 0) is 0 Å². The van der Waals surface area contributed by atoms with E-state index in [4.69, 9.17) is 0 Å². The Hall–Kier alpha value is -1.52. The van der Waals surface area contributed by atoms with Gasteiger partial charge in [0.1, 0.15) is 0 Å². The molecule has 1 rings (SSSR count). The van der Waals surface area contributed by atoms with Crippen LogP contribution >= 0.6 is 0 Å². The van der Waals surface area contributed by atoms with Gasteiger partial charge in [0, 0.05) is 24.4 Å². The van der Waals surface area contributed by atoms with Gasteiger partial charge in [-0.15, -0.1) is 0 Å². The third-order valence-electron chi connectivity index (χ3n) is 1.68. The first-order valence-corrected chi connectivity index (χ1v) is 4.15. The molecule has 3 nitrogen and oxygen atoms in total. The number of alkyl halides is 2. The van der Waals surface area contributed by atoms with Crippen molar-refractivity contribution < 1.29 is 13.6 Å². The number of nitrogens with one attached hydrogen (secondary N) is 1. The van der Waals surface area contributed by atoms with E-state index < -0.39 is 18.4 Å². The smallest absolute Gasteiger partial charge is 0.293 e. The van der Waals surface area contributed by atoms with E-state index in [2.05, 4.69) is 4.98 Å². The molecule has 1 aromatic rings. The topological polar surface area (TPSA) is 42.0 Å². The van der Waals surface area contributed by atoms with Crippen molar-refractivity contribution in [3.63, 3.8) is 0 Å². The van der Waals surface area contributed by atoms with Crippen molar-refractivity contribution in [1.82, 2.24) is 10.3 Å². The van der Waals surface area contributed by atoms with Crippen molar-refractivity contribution in [2.45, 2.75) is 19.4 Å². The summed E-state index contributed by atoms with van der Waals surface area (Å²) in [7, 11) is 0. The number of hydrogen-bond acceptors (Lipinski definition) is 2. The Morgan fingerprint density at radius 1 is 1.50 bits per heavy atom. The second kappa shape index (κ2) is 4.13. The molecule has 1 N–H and O–H groups in total. The van der Waals surface area contributed by atoms with E-state index in [0.717, 1.165) is 0 Å². The average Bonchev–Trinajstić information content (AvgIpc) is 2.19. The lowest BCUT2D eigenvalue weighted by Gasteiger charge is -2.15. The van der Waals surface area contributed by atoms with E-state index in [1.165, 1.54) is 31.5 Å². The monoisotopic (exact) mass is 200 g/mol. The third kappa shape index (κ3) is 2.76. The lowest BCUT2D eigenvalue weighted by atomic mass is 10.2. The number of rotatable bonds is 3. The SMILES string of the molecule is CCC(F)(F)NC(=O)c1ccncc1. The number of amides is 1. The van der Waals surface area contributed by atoms with Gasteiger partial charge in [0.25, 0.3) is 5.91 Å². The van der Waals surface area contributed by atoms with E-state index in [-0.39, 0.29) is 5.56 Å². The summed E-state index contributed by atoms with van der Waals surface area (Å²) in [4.78, 5) is 14.9. The third-order valence-corrected chi connectivity index (χ3v) is 1.68. The zero-order chi connectivity index (χ0) is 10.6. The normalized spacial score (nSPS) is 11.1. The highest BCUT2D eigenvalue weighted by atomic mass is 19.3. The van der Waals surface area contributed by atoms with Gasteiger partial charge in [0.15, 0.2) is 0 Å². The van der Waals surface area contributed by atoms with E-state index in [9.17, 15) is 13.6 Å². The molecule has 0 unspecified atom stereocenters. The van der Waals surface area contributed by atoms with Crippen LogP contribution in [0.3, 0.4) is 0 Å². The van der Waals surface area contributed by atoms with Gasteiger partial charge in [-0.2, -0.15) is 8.78 Å². The minimum Gasteiger partial charge on any atom is -0.293 e. The number of aromatic nitrogens is 1. The molecule has 0 spiro atoms. The van der Waals surface area contributed by atoms with Crippen molar-refractivity contribution in [3.8, 4) is 0 Å². The van der Waals surface area contributed by atoms with Gasteiger partial charge in [0.05, 0.1) is 0 Å². The Balaban J connectivity index is 2.69. The van der Waals surface area contributed by atoms with Crippen LogP contribution in [0.5, 0.6) is 0 Å². The molecule has 76 valence electrons. The van der Waals surface area contributed by atoms with Crippen LogP contribution in [0.15, 0.2) is 24.5 Å². The van der Waals surface area contributed by atoms with Gasteiger partial charge in [-0.05, 0) is 12.1 Å². The Morgan fingerprint density at radius 3 is 2.57 bits per heavy atom. The van der Waals surface area contributed by atoms with Crippen molar-refractivity contribution in [2.24, 2.45) is 0 Å². The van der Waals surface area contributed by atoms with Crippen molar-refractivity contribution in [3.05, 3.63) is 30.1 Å². The molecule has 0 radical (unpaired) electrons. The number of nitrogens with zero attached hydrogens (tertiary/aromatic N) is 1. The molecule has 1 heterocycles. The summed E-state index contributed by atoms with van der Waals surface area (Å²) in [6, 6.07) is -0.400. The van der Waals surface area contributed by atoms with Crippen LogP contribution in [0.25, 0.3) is 0 Å². The summed E-state index contributed by atoms with van der Waals surface area (Å²) in [6.45, 7) is 1.30. The van der Waals surface area contributed by atoms with Crippen LogP contribution in [-0.4, -0.2) is 16.9 Å². The molecule has 5 heteroatoms. The van der Waals surface area contributed by atoms with Gasteiger partial charge in [-0.25, -0.2) is 0 Å².